The number of alkyl carbamates (subject to hydrolysis) is 1. The molecule has 0 fully saturated rings. The zero-order valence-electron chi connectivity index (χ0n) is 6.96. The molecular formula is C7H15NO3. The van der Waals surface area contributed by atoms with E-state index in [1.54, 1.807) is 13.0 Å². The van der Waals surface area contributed by atoms with Gasteiger partial charge in [-0.3, -0.25) is 0 Å². The van der Waals surface area contributed by atoms with Gasteiger partial charge in [0.15, 0.2) is 0 Å². The lowest BCUT2D eigenvalue weighted by Crippen LogP contribution is -2.23. The first kappa shape index (κ1) is 12.6. The maximum absolute atomic E-state index is 10.4. The van der Waals surface area contributed by atoms with Crippen molar-refractivity contribution < 1.29 is 14.6 Å². The Kier molecular flexibility index (Phi) is 13.5. The van der Waals surface area contributed by atoms with Crippen LogP contribution in [0, 0.1) is 0 Å². The zero-order chi connectivity index (χ0) is 9.11. The van der Waals surface area contributed by atoms with E-state index in [9.17, 15) is 4.79 Å². The Morgan fingerprint density at radius 3 is 2.64 bits per heavy atom. The third kappa shape index (κ3) is 12.2. The molecule has 0 unspecified atom stereocenters. The number of aliphatic hydroxyl groups is 1. The van der Waals surface area contributed by atoms with E-state index in [4.69, 9.17) is 5.11 Å². The van der Waals surface area contributed by atoms with E-state index in [2.05, 4.69) is 16.6 Å². The van der Waals surface area contributed by atoms with Crippen LogP contribution in [0.25, 0.3) is 0 Å². The van der Waals surface area contributed by atoms with Gasteiger partial charge in [-0.2, -0.15) is 0 Å². The summed E-state index contributed by atoms with van der Waals surface area (Å²) < 4.78 is 4.55. The van der Waals surface area contributed by atoms with Gasteiger partial charge in [-0.05, 0) is 6.92 Å². The highest BCUT2D eigenvalue weighted by Crippen LogP contribution is 1.74. The number of aliphatic hydroxyl groups excluding tert-OH is 1. The number of nitrogens with one attached hydrogen (secondary N) is 1. The van der Waals surface area contributed by atoms with Crippen molar-refractivity contribution in [3.05, 3.63) is 12.7 Å². The van der Waals surface area contributed by atoms with E-state index in [-0.39, 0.29) is 0 Å². The Morgan fingerprint density at radius 2 is 2.27 bits per heavy atom. The summed E-state index contributed by atoms with van der Waals surface area (Å²) in [6, 6.07) is 0. The van der Waals surface area contributed by atoms with Gasteiger partial charge in [0.1, 0.15) is 0 Å². The van der Waals surface area contributed by atoms with E-state index in [0.29, 0.717) is 13.2 Å². The largest absolute Gasteiger partial charge is 0.450 e. The second kappa shape index (κ2) is 11.7. The maximum Gasteiger partial charge on any atom is 0.407 e. The van der Waals surface area contributed by atoms with Crippen molar-refractivity contribution in [2.24, 2.45) is 0 Å². The number of carbonyl (C=O) groups excluding carboxylic acids is 1. The Hall–Kier alpha value is -1.03. The molecule has 11 heavy (non-hydrogen) atoms. The van der Waals surface area contributed by atoms with Crippen LogP contribution in [-0.4, -0.2) is 31.5 Å². The van der Waals surface area contributed by atoms with Crippen molar-refractivity contribution in [3.63, 3.8) is 0 Å². The van der Waals surface area contributed by atoms with Crippen LogP contribution in [0.4, 0.5) is 4.79 Å². The van der Waals surface area contributed by atoms with E-state index in [1.165, 1.54) is 0 Å². The van der Waals surface area contributed by atoms with Crippen LogP contribution in [0.1, 0.15) is 6.92 Å². The molecule has 2 N–H and O–H groups in total. The maximum atomic E-state index is 10.4. The van der Waals surface area contributed by atoms with Crippen LogP contribution in [0.2, 0.25) is 0 Å². The fraction of sp³-hybridized carbons (Fsp3) is 0.571. The Bertz CT molecular complexity index is 104. The Labute approximate surface area is 66.9 Å². The van der Waals surface area contributed by atoms with Crippen LogP contribution in [-0.2, 0) is 4.74 Å². The summed E-state index contributed by atoms with van der Waals surface area (Å²) in [6.07, 6.45) is 1.20. The summed E-state index contributed by atoms with van der Waals surface area (Å²) in [6.45, 7) is 6.04. The summed E-state index contributed by atoms with van der Waals surface area (Å²) in [7, 11) is 1.00. The van der Waals surface area contributed by atoms with Crippen LogP contribution in [0.5, 0.6) is 0 Å². The molecule has 0 heterocycles. The highest BCUT2D eigenvalue weighted by molar-refractivity contribution is 5.67. The van der Waals surface area contributed by atoms with Gasteiger partial charge in [-0.1, -0.05) is 6.08 Å². The number of hydrogen-bond acceptors (Lipinski definition) is 3. The third-order valence-electron chi connectivity index (χ3n) is 0.666. The first-order valence-corrected chi connectivity index (χ1v) is 3.27. The molecule has 0 aromatic carbocycles. The topological polar surface area (TPSA) is 58.6 Å². The number of hydrogen-bond donors (Lipinski definition) is 2. The first-order valence-electron chi connectivity index (χ1n) is 3.27. The molecule has 0 bridgehead atoms. The normalized spacial score (nSPS) is 7.18. The lowest BCUT2D eigenvalue weighted by Gasteiger charge is -1.99. The smallest absolute Gasteiger partial charge is 0.407 e. The molecular weight excluding hydrogens is 146 g/mol. The van der Waals surface area contributed by atoms with Crippen molar-refractivity contribution >= 4 is 6.09 Å². The third-order valence-corrected chi connectivity index (χ3v) is 0.666. The molecule has 0 spiro atoms. The Balaban J connectivity index is 0. The summed E-state index contributed by atoms with van der Waals surface area (Å²) in [5, 5.41) is 9.45. The summed E-state index contributed by atoms with van der Waals surface area (Å²) in [4.78, 5) is 10.4. The summed E-state index contributed by atoms with van der Waals surface area (Å²) in [5.41, 5.74) is 0. The van der Waals surface area contributed by atoms with Gasteiger partial charge in [0.25, 0.3) is 0 Å². The van der Waals surface area contributed by atoms with Crippen molar-refractivity contribution in [2.75, 3.05) is 20.3 Å². The van der Waals surface area contributed by atoms with Gasteiger partial charge in [0.05, 0.1) is 6.61 Å². The van der Waals surface area contributed by atoms with Gasteiger partial charge in [0, 0.05) is 13.7 Å². The van der Waals surface area contributed by atoms with Gasteiger partial charge >= 0.3 is 6.09 Å². The van der Waals surface area contributed by atoms with Gasteiger partial charge in [0.2, 0.25) is 0 Å². The molecule has 0 saturated heterocycles. The van der Waals surface area contributed by atoms with Crippen LogP contribution >= 0.6 is 0 Å². The molecule has 0 aromatic heterocycles. The fourth-order valence-electron chi connectivity index (χ4n) is 0.338. The summed E-state index contributed by atoms with van der Waals surface area (Å²) in [5.74, 6) is 0. The van der Waals surface area contributed by atoms with Crippen molar-refractivity contribution in [2.45, 2.75) is 6.92 Å². The van der Waals surface area contributed by atoms with E-state index in [1.807, 2.05) is 0 Å². The molecule has 0 aliphatic heterocycles. The lowest BCUT2D eigenvalue weighted by molar-refractivity contribution is 0.153. The minimum Gasteiger partial charge on any atom is -0.450 e. The van der Waals surface area contributed by atoms with E-state index >= 15 is 0 Å². The summed E-state index contributed by atoms with van der Waals surface area (Å²) >= 11 is 0. The standard InChI is InChI=1S/C6H11NO2.CH4O/c1-3-5-7-6(8)9-4-2;1-2/h3H,1,4-5H2,2H3,(H,7,8);2H,1H3. The average Bonchev–Trinajstić information content (AvgIpc) is 2.05. The highest BCUT2D eigenvalue weighted by atomic mass is 16.5. The number of amides is 1. The number of rotatable bonds is 3. The number of ether oxygens (including phenoxy) is 1. The minimum atomic E-state index is -0.391. The SMILES string of the molecule is C=CCNC(=O)OCC.CO. The fourth-order valence-corrected chi connectivity index (χ4v) is 0.338. The Morgan fingerprint density at radius 1 is 1.73 bits per heavy atom. The van der Waals surface area contributed by atoms with Gasteiger partial charge in [-0.25, -0.2) is 4.79 Å². The van der Waals surface area contributed by atoms with Crippen molar-refractivity contribution in [1.29, 1.82) is 0 Å². The molecule has 0 atom stereocenters. The predicted octanol–water partition coefficient (Wildman–Crippen LogP) is 0.527. The minimum absolute atomic E-state index is 0.391. The molecule has 4 nitrogen and oxygen atoms in total. The van der Waals surface area contributed by atoms with Crippen molar-refractivity contribution in [1.82, 2.24) is 5.32 Å². The second-order valence-corrected chi connectivity index (χ2v) is 1.39. The molecule has 1 amide bonds. The second-order valence-electron chi connectivity index (χ2n) is 1.39. The quantitative estimate of drug-likeness (QED) is 0.593. The van der Waals surface area contributed by atoms with Crippen LogP contribution in [0.3, 0.4) is 0 Å². The average molecular weight is 161 g/mol. The molecule has 0 aliphatic carbocycles. The molecule has 0 saturated carbocycles. The molecule has 66 valence electrons. The lowest BCUT2D eigenvalue weighted by atomic mass is 10.6. The molecule has 0 rings (SSSR count). The van der Waals surface area contributed by atoms with Gasteiger partial charge in [-0.15, -0.1) is 6.58 Å². The van der Waals surface area contributed by atoms with E-state index in [0.717, 1.165) is 7.11 Å². The van der Waals surface area contributed by atoms with E-state index < -0.39 is 6.09 Å². The zero-order valence-corrected chi connectivity index (χ0v) is 6.96. The first-order chi connectivity index (χ1) is 5.31. The predicted molar refractivity (Wildman–Crippen MR) is 43.4 cm³/mol. The molecule has 0 radical (unpaired) electrons. The van der Waals surface area contributed by atoms with Crippen molar-refractivity contribution in [3.8, 4) is 0 Å². The molecule has 4 heteroatoms. The van der Waals surface area contributed by atoms with Crippen LogP contribution < -0.4 is 5.32 Å². The monoisotopic (exact) mass is 161 g/mol. The highest BCUT2D eigenvalue weighted by Gasteiger charge is 1.93. The van der Waals surface area contributed by atoms with Gasteiger partial charge < -0.3 is 15.2 Å². The van der Waals surface area contributed by atoms with Crippen LogP contribution in [0.15, 0.2) is 12.7 Å². The number of carbonyl (C=O) groups is 1. The molecule has 0 aromatic rings. The molecule has 0 aliphatic rings.